The molecule has 0 radical (unpaired) electrons. The molecule has 1 aliphatic rings. The first-order chi connectivity index (χ1) is 13.0. The number of hydrogen-bond donors (Lipinski definition) is 0. The van der Waals surface area contributed by atoms with Gasteiger partial charge in [-0.1, -0.05) is 6.07 Å². The van der Waals surface area contributed by atoms with E-state index in [9.17, 15) is 4.79 Å². The molecule has 1 fully saturated rings. The Kier molecular flexibility index (Phi) is 4.56. The van der Waals surface area contributed by atoms with Gasteiger partial charge in [0.05, 0.1) is 17.3 Å². The molecule has 0 aromatic carbocycles. The molecule has 4 heterocycles. The minimum Gasteiger partial charge on any atom is -0.361 e. The lowest BCUT2D eigenvalue weighted by molar-refractivity contribution is 0.0599. The molecule has 0 aliphatic carbocycles. The van der Waals surface area contributed by atoms with E-state index in [1.165, 1.54) is 0 Å². The van der Waals surface area contributed by atoms with E-state index in [-0.39, 0.29) is 11.9 Å². The van der Waals surface area contributed by atoms with Crippen LogP contribution < -0.4 is 4.90 Å². The van der Waals surface area contributed by atoms with Crippen molar-refractivity contribution in [1.82, 2.24) is 19.3 Å². The van der Waals surface area contributed by atoms with E-state index in [0.717, 1.165) is 48.5 Å². The fourth-order valence-electron chi connectivity index (χ4n) is 3.83. The van der Waals surface area contributed by atoms with Crippen molar-refractivity contribution in [2.45, 2.75) is 32.2 Å². The molecule has 1 amide bonds. The van der Waals surface area contributed by atoms with Crippen LogP contribution in [-0.2, 0) is 0 Å². The Bertz CT molecular complexity index is 978. The lowest BCUT2D eigenvalue weighted by Gasteiger charge is -2.35. The van der Waals surface area contributed by atoms with E-state index >= 15 is 0 Å². The molecule has 1 atom stereocenters. The highest BCUT2D eigenvalue weighted by atomic mass is 16.2. The van der Waals surface area contributed by atoms with Crippen LogP contribution in [0.5, 0.6) is 0 Å². The maximum Gasteiger partial charge on any atom is 0.273 e. The number of anilines is 1. The second-order valence-electron chi connectivity index (χ2n) is 7.36. The molecular weight excluding hydrogens is 338 g/mol. The summed E-state index contributed by atoms with van der Waals surface area (Å²) in [5, 5.41) is 0. The van der Waals surface area contributed by atoms with E-state index in [1.54, 1.807) is 6.07 Å². The molecule has 0 spiro atoms. The number of pyridine rings is 1. The summed E-state index contributed by atoms with van der Waals surface area (Å²) in [6.45, 7) is 2.65. The SMILES string of the molecule is Cc1cccc(C(=O)N2CCCC[C@@H]2c2cn3cccc3c(N(C)C)n2)n1. The lowest BCUT2D eigenvalue weighted by Crippen LogP contribution is -2.39. The van der Waals surface area contributed by atoms with Gasteiger partial charge in [0, 0.05) is 38.7 Å². The molecule has 1 aliphatic heterocycles. The Hall–Kier alpha value is -2.89. The fourth-order valence-corrected chi connectivity index (χ4v) is 3.83. The topological polar surface area (TPSA) is 53.7 Å². The Balaban J connectivity index is 1.74. The number of carbonyl (C=O) groups is 1. The molecule has 4 rings (SSSR count). The number of aryl methyl sites for hydroxylation is 1. The van der Waals surface area contributed by atoms with Gasteiger partial charge in [0.15, 0.2) is 5.82 Å². The average Bonchev–Trinajstić information content (AvgIpc) is 3.15. The minimum absolute atomic E-state index is 0.00999. The lowest BCUT2D eigenvalue weighted by atomic mass is 9.99. The van der Waals surface area contributed by atoms with Crippen LogP contribution in [0.2, 0.25) is 0 Å². The number of aromatic nitrogens is 3. The summed E-state index contributed by atoms with van der Waals surface area (Å²) in [5.41, 5.74) is 3.37. The van der Waals surface area contributed by atoms with Gasteiger partial charge in [0.1, 0.15) is 5.69 Å². The first-order valence-corrected chi connectivity index (χ1v) is 9.44. The number of fused-ring (bicyclic) bond motifs is 1. The molecular formula is C21H25N5O. The molecule has 0 bridgehead atoms. The van der Waals surface area contributed by atoms with Crippen LogP contribution >= 0.6 is 0 Å². The fraction of sp³-hybridized carbons (Fsp3) is 0.381. The summed E-state index contributed by atoms with van der Waals surface area (Å²) in [6.07, 6.45) is 7.12. The van der Waals surface area contributed by atoms with E-state index in [0.29, 0.717) is 5.69 Å². The summed E-state index contributed by atoms with van der Waals surface area (Å²) >= 11 is 0. The van der Waals surface area contributed by atoms with Crippen LogP contribution in [0.4, 0.5) is 5.82 Å². The summed E-state index contributed by atoms with van der Waals surface area (Å²) in [7, 11) is 4.00. The Labute approximate surface area is 159 Å². The average molecular weight is 363 g/mol. The van der Waals surface area contributed by atoms with Gasteiger partial charge < -0.3 is 14.2 Å². The van der Waals surface area contributed by atoms with Crippen molar-refractivity contribution in [1.29, 1.82) is 0 Å². The standard InChI is InChI=1S/C21H25N5O/c1-15-8-6-9-16(22-15)21(27)26-13-5-4-10-18(26)17-14-25-12-7-11-19(25)20(23-17)24(2)3/h6-9,11-12,14,18H,4-5,10,13H2,1-3H3/t18-/m1/s1. The number of amides is 1. The van der Waals surface area contributed by atoms with Crippen LogP contribution in [0.15, 0.2) is 42.7 Å². The molecule has 3 aromatic heterocycles. The summed E-state index contributed by atoms with van der Waals surface area (Å²) in [6, 6.07) is 9.66. The maximum absolute atomic E-state index is 13.2. The van der Waals surface area contributed by atoms with Crippen molar-refractivity contribution in [2.75, 3.05) is 25.5 Å². The molecule has 0 saturated carbocycles. The van der Waals surface area contributed by atoms with Gasteiger partial charge >= 0.3 is 0 Å². The highest BCUT2D eigenvalue weighted by Gasteiger charge is 2.31. The largest absolute Gasteiger partial charge is 0.361 e. The molecule has 0 N–H and O–H groups in total. The first kappa shape index (κ1) is 17.5. The Morgan fingerprint density at radius 1 is 1.15 bits per heavy atom. The third-order valence-electron chi connectivity index (χ3n) is 5.15. The number of likely N-dealkylation sites (tertiary alicyclic amines) is 1. The summed E-state index contributed by atoms with van der Waals surface area (Å²) in [4.78, 5) is 26.5. The van der Waals surface area contributed by atoms with Crippen LogP contribution in [0.3, 0.4) is 0 Å². The van der Waals surface area contributed by atoms with Gasteiger partial charge in [-0.2, -0.15) is 0 Å². The second kappa shape index (κ2) is 7.02. The molecule has 140 valence electrons. The summed E-state index contributed by atoms with van der Waals surface area (Å²) < 4.78 is 2.10. The summed E-state index contributed by atoms with van der Waals surface area (Å²) in [5.74, 6) is 0.911. The molecule has 3 aromatic rings. The predicted octanol–water partition coefficient (Wildman–Crippen LogP) is 3.47. The van der Waals surface area contributed by atoms with Gasteiger partial charge in [-0.3, -0.25) is 4.79 Å². The number of carbonyl (C=O) groups excluding carboxylic acids is 1. The molecule has 1 saturated heterocycles. The molecule has 6 nitrogen and oxygen atoms in total. The van der Waals surface area contributed by atoms with Gasteiger partial charge in [0.25, 0.3) is 5.91 Å². The van der Waals surface area contributed by atoms with E-state index in [2.05, 4.69) is 21.6 Å². The van der Waals surface area contributed by atoms with Crippen molar-refractivity contribution in [2.24, 2.45) is 0 Å². The van der Waals surface area contributed by atoms with Crippen LogP contribution in [0.1, 0.15) is 47.2 Å². The zero-order chi connectivity index (χ0) is 19.0. The van der Waals surface area contributed by atoms with Crippen LogP contribution in [0, 0.1) is 6.92 Å². The van der Waals surface area contributed by atoms with Crippen molar-refractivity contribution < 1.29 is 4.79 Å². The second-order valence-corrected chi connectivity index (χ2v) is 7.36. The third-order valence-corrected chi connectivity index (χ3v) is 5.15. The number of piperidine rings is 1. The number of nitrogens with zero attached hydrogens (tertiary/aromatic N) is 5. The minimum atomic E-state index is -0.0286. The van der Waals surface area contributed by atoms with Crippen LogP contribution in [-0.4, -0.2) is 45.8 Å². The zero-order valence-electron chi connectivity index (χ0n) is 16.1. The highest BCUT2D eigenvalue weighted by molar-refractivity contribution is 5.92. The van der Waals surface area contributed by atoms with Gasteiger partial charge in [-0.15, -0.1) is 0 Å². The molecule has 27 heavy (non-hydrogen) atoms. The van der Waals surface area contributed by atoms with Crippen molar-refractivity contribution >= 4 is 17.2 Å². The third kappa shape index (κ3) is 3.27. The van der Waals surface area contributed by atoms with Gasteiger partial charge in [-0.25, -0.2) is 9.97 Å². The Morgan fingerprint density at radius 3 is 2.78 bits per heavy atom. The van der Waals surface area contributed by atoms with Crippen molar-refractivity contribution in [3.05, 3.63) is 59.8 Å². The van der Waals surface area contributed by atoms with E-state index < -0.39 is 0 Å². The molecule has 6 heteroatoms. The van der Waals surface area contributed by atoms with Gasteiger partial charge in [0.2, 0.25) is 0 Å². The monoisotopic (exact) mass is 363 g/mol. The van der Waals surface area contributed by atoms with E-state index in [1.807, 2.05) is 55.2 Å². The maximum atomic E-state index is 13.2. The molecule has 0 unspecified atom stereocenters. The smallest absolute Gasteiger partial charge is 0.273 e. The predicted molar refractivity (Wildman–Crippen MR) is 106 cm³/mol. The van der Waals surface area contributed by atoms with Crippen molar-refractivity contribution in [3.63, 3.8) is 0 Å². The normalized spacial score (nSPS) is 17.3. The van der Waals surface area contributed by atoms with Crippen molar-refractivity contribution in [3.8, 4) is 0 Å². The van der Waals surface area contributed by atoms with E-state index in [4.69, 9.17) is 4.98 Å². The van der Waals surface area contributed by atoms with Crippen LogP contribution in [0.25, 0.3) is 5.52 Å². The zero-order valence-corrected chi connectivity index (χ0v) is 16.1. The quantitative estimate of drug-likeness (QED) is 0.715. The highest BCUT2D eigenvalue weighted by Crippen LogP contribution is 2.33. The first-order valence-electron chi connectivity index (χ1n) is 9.44. The Morgan fingerprint density at radius 2 is 2.00 bits per heavy atom. The van der Waals surface area contributed by atoms with Gasteiger partial charge in [-0.05, 0) is 50.5 Å². The number of rotatable bonds is 3. The number of hydrogen-bond acceptors (Lipinski definition) is 4.